The molecular weight excluding hydrogens is 458 g/mol. The van der Waals surface area contributed by atoms with Gasteiger partial charge in [-0.15, -0.1) is 0 Å². The third-order valence-electron chi connectivity index (χ3n) is 5.96. The highest BCUT2D eigenvalue weighted by Crippen LogP contribution is 2.32. The lowest BCUT2D eigenvalue weighted by Gasteiger charge is -2.27. The third-order valence-corrected chi connectivity index (χ3v) is 8.13. The van der Waals surface area contributed by atoms with Crippen molar-refractivity contribution in [3.8, 4) is 0 Å². The van der Waals surface area contributed by atoms with Crippen molar-refractivity contribution in [2.24, 2.45) is 0 Å². The Hall–Kier alpha value is -2.33. The number of hydrogen-bond acceptors (Lipinski definition) is 7. The quantitative estimate of drug-likeness (QED) is 0.506. The third kappa shape index (κ3) is 5.60. The molecule has 1 amide bonds. The molecule has 0 radical (unpaired) electrons. The van der Waals surface area contributed by atoms with Gasteiger partial charge in [0.05, 0.1) is 28.3 Å². The summed E-state index contributed by atoms with van der Waals surface area (Å²) in [5, 5.41) is 0.661. The molecule has 0 N–H and O–H groups in total. The highest BCUT2D eigenvalue weighted by molar-refractivity contribution is 7.90. The molecule has 1 aromatic heterocycles. The summed E-state index contributed by atoms with van der Waals surface area (Å²) in [6, 6.07) is 10.3. The van der Waals surface area contributed by atoms with Gasteiger partial charge in [-0.3, -0.25) is 14.6 Å². The lowest BCUT2D eigenvalue weighted by molar-refractivity contribution is 0.0376. The van der Waals surface area contributed by atoms with Crippen molar-refractivity contribution in [2.75, 3.05) is 50.5 Å². The number of rotatable bonds is 7. The van der Waals surface area contributed by atoms with Crippen LogP contribution in [0.1, 0.15) is 27.9 Å². The van der Waals surface area contributed by atoms with Crippen LogP contribution in [0.2, 0.25) is 0 Å². The maximum Gasteiger partial charge on any atom is 0.260 e. The number of hydrogen-bond donors (Lipinski definition) is 0. The summed E-state index contributed by atoms with van der Waals surface area (Å²) in [7, 11) is -3.32. The van der Waals surface area contributed by atoms with E-state index in [-0.39, 0.29) is 10.8 Å². The molecule has 0 bridgehead atoms. The minimum Gasteiger partial charge on any atom is -0.379 e. The summed E-state index contributed by atoms with van der Waals surface area (Å²) in [6.45, 7) is 8.83. The van der Waals surface area contributed by atoms with Crippen LogP contribution in [0, 0.1) is 13.8 Å². The predicted molar refractivity (Wildman–Crippen MR) is 132 cm³/mol. The number of thiazole rings is 1. The number of nitrogens with zero attached hydrogens (tertiary/aromatic N) is 3. The van der Waals surface area contributed by atoms with Crippen LogP contribution in [-0.2, 0) is 14.6 Å². The van der Waals surface area contributed by atoms with E-state index in [4.69, 9.17) is 9.72 Å². The second-order valence-corrected chi connectivity index (χ2v) is 11.5. The fourth-order valence-electron chi connectivity index (χ4n) is 3.85. The topological polar surface area (TPSA) is 79.8 Å². The fourth-order valence-corrected chi connectivity index (χ4v) is 5.55. The van der Waals surface area contributed by atoms with Gasteiger partial charge in [-0.1, -0.05) is 11.3 Å². The van der Waals surface area contributed by atoms with Crippen molar-refractivity contribution in [1.82, 2.24) is 9.88 Å². The Labute approximate surface area is 198 Å². The Kier molecular flexibility index (Phi) is 7.13. The van der Waals surface area contributed by atoms with Gasteiger partial charge in [-0.2, -0.15) is 0 Å². The van der Waals surface area contributed by atoms with Crippen molar-refractivity contribution in [3.63, 3.8) is 0 Å². The molecule has 0 atom stereocenters. The predicted octanol–water partition coefficient (Wildman–Crippen LogP) is 3.69. The first kappa shape index (κ1) is 23.8. The summed E-state index contributed by atoms with van der Waals surface area (Å²) in [5.41, 5.74) is 3.69. The first-order valence-electron chi connectivity index (χ1n) is 11.0. The Morgan fingerprint density at radius 3 is 2.45 bits per heavy atom. The number of carbonyl (C=O) groups excluding carboxylic acids is 1. The van der Waals surface area contributed by atoms with Crippen molar-refractivity contribution in [2.45, 2.75) is 25.2 Å². The molecule has 7 nitrogen and oxygen atoms in total. The summed E-state index contributed by atoms with van der Waals surface area (Å²) in [6.07, 6.45) is 1.97. The number of aryl methyl sites for hydroxylation is 2. The molecule has 0 unspecified atom stereocenters. The zero-order valence-corrected chi connectivity index (χ0v) is 20.8. The monoisotopic (exact) mass is 487 g/mol. The molecule has 1 saturated heterocycles. The van der Waals surface area contributed by atoms with E-state index in [0.29, 0.717) is 17.2 Å². The Bertz CT molecular complexity index is 1210. The molecule has 2 heterocycles. The van der Waals surface area contributed by atoms with Crippen LogP contribution >= 0.6 is 11.3 Å². The minimum absolute atomic E-state index is 0.176. The molecule has 1 aliphatic heterocycles. The van der Waals surface area contributed by atoms with Crippen LogP contribution in [0.5, 0.6) is 0 Å². The molecule has 4 rings (SSSR count). The Morgan fingerprint density at radius 1 is 1.12 bits per heavy atom. The number of fused-ring (bicyclic) bond motifs is 1. The second-order valence-electron chi connectivity index (χ2n) is 8.46. The van der Waals surface area contributed by atoms with E-state index in [1.165, 1.54) is 34.6 Å². The van der Waals surface area contributed by atoms with E-state index in [1.54, 1.807) is 17.0 Å². The first-order chi connectivity index (χ1) is 15.7. The van der Waals surface area contributed by atoms with Crippen LogP contribution in [0.25, 0.3) is 10.2 Å². The van der Waals surface area contributed by atoms with Crippen LogP contribution in [0.15, 0.2) is 41.3 Å². The van der Waals surface area contributed by atoms with E-state index in [1.807, 2.05) is 0 Å². The summed E-state index contributed by atoms with van der Waals surface area (Å²) < 4.78 is 30.1. The van der Waals surface area contributed by atoms with E-state index >= 15 is 0 Å². The summed E-state index contributed by atoms with van der Waals surface area (Å²) in [5.74, 6) is -0.176. The van der Waals surface area contributed by atoms with Gasteiger partial charge < -0.3 is 4.74 Å². The highest BCUT2D eigenvalue weighted by atomic mass is 32.2. The molecule has 176 valence electrons. The van der Waals surface area contributed by atoms with Gasteiger partial charge in [0.25, 0.3) is 5.91 Å². The molecule has 0 saturated carbocycles. The number of benzene rings is 2. The number of morpholine rings is 1. The van der Waals surface area contributed by atoms with Gasteiger partial charge in [0.1, 0.15) is 0 Å². The molecule has 1 fully saturated rings. The van der Waals surface area contributed by atoms with Gasteiger partial charge in [0.15, 0.2) is 15.0 Å². The van der Waals surface area contributed by atoms with Crippen LogP contribution in [0.3, 0.4) is 0 Å². The van der Waals surface area contributed by atoms with Crippen LogP contribution in [0.4, 0.5) is 5.13 Å². The number of aromatic nitrogens is 1. The summed E-state index contributed by atoms with van der Waals surface area (Å²) >= 11 is 1.51. The van der Waals surface area contributed by atoms with Crippen molar-refractivity contribution < 1.29 is 17.9 Å². The molecule has 0 spiro atoms. The molecule has 1 aliphatic rings. The van der Waals surface area contributed by atoms with E-state index in [2.05, 4.69) is 30.9 Å². The van der Waals surface area contributed by atoms with Crippen molar-refractivity contribution in [1.29, 1.82) is 0 Å². The minimum atomic E-state index is -3.32. The maximum absolute atomic E-state index is 13.5. The number of anilines is 1. The van der Waals surface area contributed by atoms with E-state index in [9.17, 15) is 13.2 Å². The first-order valence-corrected chi connectivity index (χ1v) is 13.7. The number of ether oxygens (including phenoxy) is 1. The van der Waals surface area contributed by atoms with Crippen molar-refractivity contribution in [3.05, 3.63) is 53.1 Å². The van der Waals surface area contributed by atoms with Gasteiger partial charge in [0.2, 0.25) is 0 Å². The van der Waals surface area contributed by atoms with E-state index in [0.717, 1.165) is 55.7 Å². The molecular formula is C24H29N3O4S2. The Balaban J connectivity index is 1.61. The number of sulfone groups is 1. The zero-order valence-electron chi connectivity index (χ0n) is 19.2. The zero-order chi connectivity index (χ0) is 23.6. The van der Waals surface area contributed by atoms with Gasteiger partial charge >= 0.3 is 0 Å². The standard InChI is InChI=1S/C24H29N3O4S2/c1-17-15-21-22(16-18(17)2)32-24(25-21)27(10-4-9-26-11-13-31-14-12-26)23(28)19-5-7-20(8-6-19)33(3,29)30/h5-8,15-16H,4,9-14H2,1-3H3. The Morgan fingerprint density at radius 2 is 1.79 bits per heavy atom. The van der Waals surface area contributed by atoms with Crippen LogP contribution in [-0.4, -0.2) is 69.9 Å². The van der Waals surface area contributed by atoms with Crippen molar-refractivity contribution >= 4 is 42.4 Å². The molecule has 2 aromatic carbocycles. The SMILES string of the molecule is Cc1cc2nc(N(CCCN3CCOCC3)C(=O)c3ccc(S(C)(=O)=O)cc3)sc2cc1C. The fraction of sp³-hybridized carbons (Fsp3) is 0.417. The molecule has 0 aliphatic carbocycles. The second kappa shape index (κ2) is 9.89. The highest BCUT2D eigenvalue weighted by Gasteiger charge is 2.22. The van der Waals surface area contributed by atoms with Gasteiger partial charge in [-0.05, 0) is 67.8 Å². The average Bonchev–Trinajstić information content (AvgIpc) is 3.19. The van der Waals surface area contributed by atoms with Gasteiger partial charge in [0, 0.05) is 38.0 Å². The molecule has 3 aromatic rings. The van der Waals surface area contributed by atoms with E-state index < -0.39 is 9.84 Å². The number of carbonyl (C=O) groups is 1. The summed E-state index contributed by atoms with van der Waals surface area (Å²) in [4.78, 5) is 22.6. The van der Waals surface area contributed by atoms with Crippen LogP contribution < -0.4 is 4.90 Å². The largest absolute Gasteiger partial charge is 0.379 e. The average molecular weight is 488 g/mol. The van der Waals surface area contributed by atoms with Gasteiger partial charge in [-0.25, -0.2) is 13.4 Å². The maximum atomic E-state index is 13.5. The molecule has 9 heteroatoms. The lowest BCUT2D eigenvalue weighted by atomic mass is 10.1. The normalized spacial score (nSPS) is 15.1. The number of amides is 1. The lowest BCUT2D eigenvalue weighted by Crippen LogP contribution is -2.39. The molecule has 33 heavy (non-hydrogen) atoms. The smallest absolute Gasteiger partial charge is 0.260 e.